The highest BCUT2D eigenvalue weighted by atomic mass is 16.3. The summed E-state index contributed by atoms with van der Waals surface area (Å²) in [6, 6.07) is 16.8. The number of phenolic OH excluding ortho intramolecular Hbond substituents is 1. The molecule has 1 saturated heterocycles. The maximum atomic E-state index is 13.9. The van der Waals surface area contributed by atoms with E-state index in [0.29, 0.717) is 30.3 Å². The van der Waals surface area contributed by atoms with Crippen molar-refractivity contribution in [2.24, 2.45) is 5.92 Å². The highest BCUT2D eigenvalue weighted by molar-refractivity contribution is 6.02. The number of anilines is 1. The van der Waals surface area contributed by atoms with Crippen LogP contribution in [0.25, 0.3) is 22.3 Å². The molecule has 0 spiro atoms. The van der Waals surface area contributed by atoms with E-state index in [9.17, 15) is 9.90 Å². The molecule has 172 valence electrons. The number of phenols is 1. The van der Waals surface area contributed by atoms with Crippen molar-refractivity contribution in [3.05, 3.63) is 78.1 Å². The molecule has 1 aliphatic heterocycles. The van der Waals surface area contributed by atoms with Gasteiger partial charge in [-0.05, 0) is 67.8 Å². The number of aromatic hydroxyl groups is 1. The van der Waals surface area contributed by atoms with Crippen LogP contribution in [-0.4, -0.2) is 39.1 Å². The summed E-state index contributed by atoms with van der Waals surface area (Å²) < 4.78 is 0. The lowest BCUT2D eigenvalue weighted by Gasteiger charge is -2.30. The van der Waals surface area contributed by atoms with Crippen LogP contribution in [0, 0.1) is 12.8 Å². The number of rotatable bonds is 5. The van der Waals surface area contributed by atoms with Gasteiger partial charge in [0, 0.05) is 24.3 Å². The zero-order valence-corrected chi connectivity index (χ0v) is 19.1. The van der Waals surface area contributed by atoms with Gasteiger partial charge in [-0.25, -0.2) is 9.97 Å². The largest absolute Gasteiger partial charge is 0.507 e. The lowest BCUT2D eigenvalue weighted by Crippen LogP contribution is -2.43. The summed E-state index contributed by atoms with van der Waals surface area (Å²) in [7, 11) is 0. The normalized spacial score (nSPS) is 15.9. The van der Waals surface area contributed by atoms with Crippen molar-refractivity contribution in [1.82, 2.24) is 20.3 Å². The Labute approximate surface area is 198 Å². The van der Waals surface area contributed by atoms with E-state index in [0.717, 1.165) is 41.4 Å². The van der Waals surface area contributed by atoms with Gasteiger partial charge in [0.05, 0.1) is 23.5 Å². The van der Waals surface area contributed by atoms with Crippen LogP contribution in [0.4, 0.5) is 5.82 Å². The third-order valence-corrected chi connectivity index (χ3v) is 6.21. The minimum Gasteiger partial charge on any atom is -0.507 e. The standard InChI is InChI=1S/C27H27N5O2/c1-18-10-11-21-23(14-18)30-25(22-8-2-3-9-24(22)33)31-26(21)32(17-19-6-4-12-28-15-19)27(34)20-7-5-13-29-16-20/h2-4,6,8-12,14-15,20,29,33H,5,7,13,16-17H2,1H3. The van der Waals surface area contributed by atoms with Crippen molar-refractivity contribution >= 4 is 22.6 Å². The Balaban J connectivity index is 1.69. The number of pyridine rings is 1. The molecule has 2 N–H and O–H groups in total. The van der Waals surface area contributed by atoms with Gasteiger partial charge in [-0.1, -0.05) is 24.3 Å². The first-order valence-corrected chi connectivity index (χ1v) is 11.6. The smallest absolute Gasteiger partial charge is 0.232 e. The minimum atomic E-state index is -0.130. The molecule has 0 saturated carbocycles. The Kier molecular flexibility index (Phi) is 6.18. The highest BCUT2D eigenvalue weighted by Crippen LogP contribution is 2.33. The van der Waals surface area contributed by atoms with E-state index < -0.39 is 0 Å². The van der Waals surface area contributed by atoms with Crippen molar-refractivity contribution in [1.29, 1.82) is 0 Å². The highest BCUT2D eigenvalue weighted by Gasteiger charge is 2.29. The van der Waals surface area contributed by atoms with Crippen LogP contribution < -0.4 is 10.2 Å². The minimum absolute atomic E-state index is 0.0276. The van der Waals surface area contributed by atoms with Crippen LogP contribution in [0.3, 0.4) is 0 Å². The third kappa shape index (κ3) is 4.47. The molecule has 2 aromatic heterocycles. The number of fused-ring (bicyclic) bond motifs is 1. The first kappa shape index (κ1) is 22.0. The lowest BCUT2D eigenvalue weighted by atomic mass is 9.97. The summed E-state index contributed by atoms with van der Waals surface area (Å²) in [5, 5.41) is 14.6. The molecule has 0 radical (unpaired) electrons. The van der Waals surface area contributed by atoms with Crippen LogP contribution in [0.5, 0.6) is 5.75 Å². The molecule has 1 aliphatic rings. The number of aromatic nitrogens is 3. The van der Waals surface area contributed by atoms with Gasteiger partial charge in [-0.2, -0.15) is 0 Å². The van der Waals surface area contributed by atoms with Gasteiger partial charge in [-0.3, -0.25) is 14.7 Å². The number of amides is 1. The third-order valence-electron chi connectivity index (χ3n) is 6.21. The Morgan fingerprint density at radius 2 is 2.03 bits per heavy atom. The number of aryl methyl sites for hydroxylation is 1. The number of benzene rings is 2. The number of para-hydroxylation sites is 1. The zero-order chi connectivity index (χ0) is 23.5. The number of nitrogens with one attached hydrogen (secondary N) is 1. The monoisotopic (exact) mass is 453 g/mol. The molecule has 1 atom stereocenters. The second-order valence-corrected chi connectivity index (χ2v) is 8.74. The van der Waals surface area contributed by atoms with Crippen molar-refractivity contribution < 1.29 is 9.90 Å². The molecular formula is C27H27N5O2. The van der Waals surface area contributed by atoms with Crippen LogP contribution in [0.15, 0.2) is 67.0 Å². The zero-order valence-electron chi connectivity index (χ0n) is 19.1. The van der Waals surface area contributed by atoms with E-state index in [1.807, 2.05) is 43.3 Å². The second kappa shape index (κ2) is 9.57. The van der Waals surface area contributed by atoms with Crippen molar-refractivity contribution in [3.63, 3.8) is 0 Å². The summed E-state index contributed by atoms with van der Waals surface area (Å²) in [6.07, 6.45) is 5.30. The van der Waals surface area contributed by atoms with Crippen LogP contribution >= 0.6 is 0 Å². The van der Waals surface area contributed by atoms with Crippen LogP contribution in [0.2, 0.25) is 0 Å². The molecule has 2 aromatic carbocycles. The molecule has 1 unspecified atom stereocenters. The van der Waals surface area contributed by atoms with Gasteiger partial charge in [0.2, 0.25) is 5.91 Å². The number of hydrogen-bond acceptors (Lipinski definition) is 6. The van der Waals surface area contributed by atoms with E-state index in [-0.39, 0.29) is 17.6 Å². The van der Waals surface area contributed by atoms with E-state index in [2.05, 4.69) is 10.3 Å². The fourth-order valence-electron chi connectivity index (χ4n) is 4.43. The number of hydrogen-bond donors (Lipinski definition) is 2. The molecule has 3 heterocycles. The van der Waals surface area contributed by atoms with Gasteiger partial charge in [-0.15, -0.1) is 0 Å². The van der Waals surface area contributed by atoms with Gasteiger partial charge < -0.3 is 10.4 Å². The summed E-state index contributed by atoms with van der Waals surface area (Å²) >= 11 is 0. The number of carbonyl (C=O) groups excluding carboxylic acids is 1. The molecule has 0 bridgehead atoms. The first-order chi connectivity index (χ1) is 16.6. The SMILES string of the molecule is Cc1ccc2c(N(Cc3cccnc3)C(=O)C3CCCNC3)nc(-c3ccccc3O)nc2c1. The van der Waals surface area contributed by atoms with Crippen LogP contribution in [-0.2, 0) is 11.3 Å². The topological polar surface area (TPSA) is 91.2 Å². The molecule has 7 nitrogen and oxygen atoms in total. The maximum absolute atomic E-state index is 13.9. The molecular weight excluding hydrogens is 426 g/mol. The summed E-state index contributed by atoms with van der Waals surface area (Å²) in [5.41, 5.74) is 3.24. The number of carbonyl (C=O) groups is 1. The Morgan fingerprint density at radius 3 is 2.79 bits per heavy atom. The van der Waals surface area contributed by atoms with Gasteiger partial charge in [0.25, 0.3) is 0 Å². The van der Waals surface area contributed by atoms with Gasteiger partial charge in [0.1, 0.15) is 11.6 Å². The van der Waals surface area contributed by atoms with E-state index in [1.54, 1.807) is 35.5 Å². The molecule has 1 amide bonds. The average molecular weight is 454 g/mol. The summed E-state index contributed by atoms with van der Waals surface area (Å²) in [5.74, 6) is 0.927. The van der Waals surface area contributed by atoms with Gasteiger partial charge in [0.15, 0.2) is 5.82 Å². The van der Waals surface area contributed by atoms with Crippen molar-refractivity contribution in [2.45, 2.75) is 26.3 Å². The lowest BCUT2D eigenvalue weighted by molar-refractivity contribution is -0.123. The Bertz CT molecular complexity index is 1320. The predicted octanol–water partition coefficient (Wildman–Crippen LogP) is 4.24. The van der Waals surface area contributed by atoms with E-state index >= 15 is 0 Å². The molecule has 5 rings (SSSR count). The first-order valence-electron chi connectivity index (χ1n) is 11.6. The summed E-state index contributed by atoms with van der Waals surface area (Å²) in [4.78, 5) is 29.5. The molecule has 0 aliphatic carbocycles. The quantitative estimate of drug-likeness (QED) is 0.470. The number of piperidine rings is 1. The Morgan fingerprint density at radius 1 is 1.15 bits per heavy atom. The molecule has 7 heteroatoms. The molecule has 1 fully saturated rings. The van der Waals surface area contributed by atoms with Crippen LogP contribution in [0.1, 0.15) is 24.0 Å². The van der Waals surface area contributed by atoms with E-state index in [4.69, 9.17) is 9.97 Å². The van der Waals surface area contributed by atoms with Crippen molar-refractivity contribution in [2.75, 3.05) is 18.0 Å². The van der Waals surface area contributed by atoms with Crippen molar-refractivity contribution in [3.8, 4) is 17.1 Å². The molecule has 4 aromatic rings. The fraction of sp³-hybridized carbons (Fsp3) is 0.259. The fourth-order valence-corrected chi connectivity index (χ4v) is 4.43. The predicted molar refractivity (Wildman–Crippen MR) is 132 cm³/mol. The number of nitrogens with zero attached hydrogens (tertiary/aromatic N) is 4. The molecule has 34 heavy (non-hydrogen) atoms. The average Bonchev–Trinajstić information content (AvgIpc) is 2.87. The Hall–Kier alpha value is -3.84. The second-order valence-electron chi connectivity index (χ2n) is 8.74. The van der Waals surface area contributed by atoms with E-state index in [1.165, 1.54) is 0 Å². The van der Waals surface area contributed by atoms with Gasteiger partial charge >= 0.3 is 0 Å². The summed E-state index contributed by atoms with van der Waals surface area (Å²) in [6.45, 7) is 3.94. The maximum Gasteiger partial charge on any atom is 0.232 e.